The highest BCUT2D eigenvalue weighted by molar-refractivity contribution is 6.06. The first kappa shape index (κ1) is 13.8. The standard InChI is InChI=1S/C16H24N2O2/c1-3-17(4-2)8-5-9-18-15(19)13-11-6-7-12(10-11)14(13)16(18)20/h6-7,11-14H,3-5,8-10H2,1-2H3/t11-,12+,13+,14-. The Labute approximate surface area is 120 Å². The fourth-order valence-corrected chi connectivity index (χ4v) is 4.18. The zero-order valence-electron chi connectivity index (χ0n) is 12.4. The van der Waals surface area contributed by atoms with Crippen LogP contribution in [0.3, 0.4) is 0 Å². The summed E-state index contributed by atoms with van der Waals surface area (Å²) in [5, 5.41) is 0. The maximum Gasteiger partial charge on any atom is 0.233 e. The van der Waals surface area contributed by atoms with Crippen LogP contribution < -0.4 is 0 Å². The Bertz CT molecular complexity index is 412. The number of carbonyl (C=O) groups excluding carboxylic acids is 2. The van der Waals surface area contributed by atoms with Gasteiger partial charge in [0.15, 0.2) is 0 Å². The van der Waals surface area contributed by atoms with Gasteiger partial charge < -0.3 is 4.90 Å². The quantitative estimate of drug-likeness (QED) is 0.545. The number of rotatable bonds is 6. The van der Waals surface area contributed by atoms with Gasteiger partial charge in [-0.1, -0.05) is 26.0 Å². The van der Waals surface area contributed by atoms with Crippen LogP contribution in [0, 0.1) is 23.7 Å². The van der Waals surface area contributed by atoms with Gasteiger partial charge in [-0.15, -0.1) is 0 Å². The molecular formula is C16H24N2O2. The van der Waals surface area contributed by atoms with Crippen molar-refractivity contribution in [2.75, 3.05) is 26.2 Å². The number of imide groups is 1. The van der Waals surface area contributed by atoms with Crippen molar-refractivity contribution in [2.24, 2.45) is 23.7 Å². The predicted octanol–water partition coefficient (Wildman–Crippen LogP) is 1.53. The summed E-state index contributed by atoms with van der Waals surface area (Å²) in [5.74, 6) is 0.771. The van der Waals surface area contributed by atoms with Crippen molar-refractivity contribution in [1.29, 1.82) is 0 Å². The molecule has 2 aliphatic carbocycles. The molecule has 3 rings (SSSR count). The number of fused-ring (bicyclic) bond motifs is 5. The molecule has 0 N–H and O–H groups in total. The third kappa shape index (κ3) is 2.01. The Balaban J connectivity index is 1.59. The van der Waals surface area contributed by atoms with Crippen molar-refractivity contribution >= 4 is 11.8 Å². The van der Waals surface area contributed by atoms with Crippen molar-refractivity contribution in [3.63, 3.8) is 0 Å². The molecule has 2 bridgehead atoms. The average molecular weight is 276 g/mol. The molecule has 3 aliphatic rings. The van der Waals surface area contributed by atoms with Gasteiger partial charge in [0.25, 0.3) is 0 Å². The van der Waals surface area contributed by atoms with Gasteiger partial charge in [-0.2, -0.15) is 0 Å². The van der Waals surface area contributed by atoms with Crippen molar-refractivity contribution in [2.45, 2.75) is 26.7 Å². The van der Waals surface area contributed by atoms with Crippen LogP contribution in [-0.2, 0) is 9.59 Å². The van der Waals surface area contributed by atoms with Crippen molar-refractivity contribution in [3.05, 3.63) is 12.2 Å². The van der Waals surface area contributed by atoms with Crippen molar-refractivity contribution in [1.82, 2.24) is 9.80 Å². The minimum absolute atomic E-state index is 0.0362. The molecule has 0 aromatic heterocycles. The van der Waals surface area contributed by atoms with E-state index in [0.717, 1.165) is 32.5 Å². The SMILES string of the molecule is CCN(CC)CCCN1C(=O)[C@@H]2[C@H](C1=O)[C@H]1C=C[C@@H]2C1. The largest absolute Gasteiger partial charge is 0.304 e. The molecule has 2 fully saturated rings. The highest BCUT2D eigenvalue weighted by Gasteiger charge is 2.58. The maximum absolute atomic E-state index is 12.5. The summed E-state index contributed by atoms with van der Waals surface area (Å²) in [5.41, 5.74) is 0. The summed E-state index contributed by atoms with van der Waals surface area (Å²) < 4.78 is 0. The molecule has 0 spiro atoms. The van der Waals surface area contributed by atoms with E-state index in [1.165, 1.54) is 0 Å². The summed E-state index contributed by atoms with van der Waals surface area (Å²) in [6, 6.07) is 0. The highest BCUT2D eigenvalue weighted by Crippen LogP contribution is 2.52. The zero-order valence-corrected chi connectivity index (χ0v) is 12.4. The Morgan fingerprint density at radius 3 is 2.15 bits per heavy atom. The predicted molar refractivity (Wildman–Crippen MR) is 76.8 cm³/mol. The molecule has 20 heavy (non-hydrogen) atoms. The lowest BCUT2D eigenvalue weighted by molar-refractivity contribution is -0.140. The van der Waals surface area contributed by atoms with Crippen LogP contribution in [0.2, 0.25) is 0 Å². The van der Waals surface area contributed by atoms with Crippen LogP contribution >= 0.6 is 0 Å². The monoisotopic (exact) mass is 276 g/mol. The normalized spacial score (nSPS) is 34.6. The minimum Gasteiger partial charge on any atom is -0.304 e. The van der Waals surface area contributed by atoms with Gasteiger partial charge in [-0.3, -0.25) is 14.5 Å². The van der Waals surface area contributed by atoms with Gasteiger partial charge in [-0.05, 0) is 44.3 Å². The Kier molecular flexibility index (Phi) is 3.67. The van der Waals surface area contributed by atoms with Crippen LogP contribution in [-0.4, -0.2) is 47.8 Å². The van der Waals surface area contributed by atoms with E-state index in [2.05, 4.69) is 30.9 Å². The second-order valence-electron chi connectivity index (χ2n) is 6.21. The third-order valence-corrected chi connectivity index (χ3v) is 5.31. The summed E-state index contributed by atoms with van der Waals surface area (Å²) in [4.78, 5) is 28.8. The van der Waals surface area contributed by atoms with E-state index in [-0.39, 0.29) is 23.7 Å². The number of amides is 2. The Hall–Kier alpha value is -1.16. The number of hydrogen-bond acceptors (Lipinski definition) is 3. The second-order valence-corrected chi connectivity index (χ2v) is 6.21. The number of likely N-dealkylation sites (tertiary alicyclic amines) is 1. The molecule has 4 nitrogen and oxygen atoms in total. The first-order valence-electron chi connectivity index (χ1n) is 7.93. The van der Waals surface area contributed by atoms with Crippen LogP contribution in [0.5, 0.6) is 0 Å². The summed E-state index contributed by atoms with van der Waals surface area (Å²) >= 11 is 0. The molecule has 1 saturated carbocycles. The van der Waals surface area contributed by atoms with Gasteiger partial charge in [-0.25, -0.2) is 0 Å². The lowest BCUT2D eigenvalue weighted by Crippen LogP contribution is -2.35. The van der Waals surface area contributed by atoms with Gasteiger partial charge >= 0.3 is 0 Å². The zero-order chi connectivity index (χ0) is 14.3. The molecule has 4 heteroatoms. The number of carbonyl (C=O) groups is 2. The minimum atomic E-state index is -0.0362. The molecule has 1 saturated heterocycles. The van der Waals surface area contributed by atoms with Crippen LogP contribution in [0.1, 0.15) is 26.7 Å². The summed E-state index contributed by atoms with van der Waals surface area (Å²) in [7, 11) is 0. The van der Waals surface area contributed by atoms with Gasteiger partial charge in [0.2, 0.25) is 11.8 Å². The molecule has 1 aliphatic heterocycles. The van der Waals surface area contributed by atoms with Gasteiger partial charge in [0, 0.05) is 6.54 Å². The molecule has 2 amide bonds. The number of allylic oxidation sites excluding steroid dienone is 2. The lowest BCUT2D eigenvalue weighted by atomic mass is 9.85. The Morgan fingerprint density at radius 2 is 1.65 bits per heavy atom. The average Bonchev–Trinajstić information content (AvgIpc) is 3.12. The van der Waals surface area contributed by atoms with Crippen LogP contribution in [0.4, 0.5) is 0 Å². The molecule has 0 unspecified atom stereocenters. The number of nitrogens with zero attached hydrogens (tertiary/aromatic N) is 2. The lowest BCUT2D eigenvalue weighted by Gasteiger charge is -2.21. The molecule has 4 atom stereocenters. The maximum atomic E-state index is 12.5. The van der Waals surface area contributed by atoms with E-state index >= 15 is 0 Å². The van der Waals surface area contributed by atoms with E-state index in [0.29, 0.717) is 18.4 Å². The fraction of sp³-hybridized carbons (Fsp3) is 0.750. The first-order chi connectivity index (χ1) is 9.67. The smallest absolute Gasteiger partial charge is 0.233 e. The molecule has 1 heterocycles. The second kappa shape index (κ2) is 5.32. The Morgan fingerprint density at radius 1 is 1.10 bits per heavy atom. The summed E-state index contributed by atoms with van der Waals surface area (Å²) in [6.07, 6.45) is 6.20. The van der Waals surface area contributed by atoms with Crippen LogP contribution in [0.25, 0.3) is 0 Å². The summed E-state index contributed by atoms with van der Waals surface area (Å²) in [6.45, 7) is 7.90. The molecule has 0 radical (unpaired) electrons. The van der Waals surface area contributed by atoms with Crippen molar-refractivity contribution in [3.8, 4) is 0 Å². The first-order valence-corrected chi connectivity index (χ1v) is 7.93. The third-order valence-electron chi connectivity index (χ3n) is 5.31. The molecular weight excluding hydrogens is 252 g/mol. The molecule has 0 aromatic carbocycles. The van der Waals surface area contributed by atoms with E-state index in [9.17, 15) is 9.59 Å². The van der Waals surface area contributed by atoms with E-state index in [4.69, 9.17) is 0 Å². The van der Waals surface area contributed by atoms with Gasteiger partial charge in [0.1, 0.15) is 0 Å². The molecule has 110 valence electrons. The van der Waals surface area contributed by atoms with E-state index < -0.39 is 0 Å². The van der Waals surface area contributed by atoms with Gasteiger partial charge in [0.05, 0.1) is 11.8 Å². The van der Waals surface area contributed by atoms with Crippen LogP contribution in [0.15, 0.2) is 12.2 Å². The topological polar surface area (TPSA) is 40.6 Å². The molecule has 0 aromatic rings. The van der Waals surface area contributed by atoms with E-state index in [1.54, 1.807) is 4.90 Å². The number of hydrogen-bond donors (Lipinski definition) is 0. The fourth-order valence-electron chi connectivity index (χ4n) is 4.18. The van der Waals surface area contributed by atoms with Crippen molar-refractivity contribution < 1.29 is 9.59 Å². The highest BCUT2D eigenvalue weighted by atomic mass is 16.2. The van der Waals surface area contributed by atoms with E-state index in [1.807, 2.05) is 0 Å².